The maximum Gasteiger partial charge on any atom is 0.290 e. The molecule has 0 aliphatic heterocycles. The first-order valence-corrected chi connectivity index (χ1v) is 11.1. The number of nitrogens with one attached hydrogen (secondary N) is 1. The third-order valence-corrected chi connectivity index (χ3v) is 5.98. The van der Waals surface area contributed by atoms with Gasteiger partial charge in [0.1, 0.15) is 17.6 Å². The van der Waals surface area contributed by atoms with Crippen LogP contribution in [0.2, 0.25) is 0 Å². The van der Waals surface area contributed by atoms with Crippen molar-refractivity contribution in [2.45, 2.75) is 44.3 Å². The van der Waals surface area contributed by atoms with Gasteiger partial charge in [0.2, 0.25) is 5.91 Å². The van der Waals surface area contributed by atoms with Gasteiger partial charge in [0.25, 0.3) is 5.91 Å². The molecule has 1 heterocycles. The number of hydrogen-bond donors (Lipinski definition) is 1. The molecule has 4 rings (SSSR count). The summed E-state index contributed by atoms with van der Waals surface area (Å²) in [5.41, 5.74) is 0.909. The second-order valence-corrected chi connectivity index (χ2v) is 8.17. The molecule has 172 valence electrons. The average Bonchev–Trinajstić information content (AvgIpc) is 3.54. The lowest BCUT2D eigenvalue weighted by atomic mass is 10.0. The molecule has 0 bridgehead atoms. The van der Waals surface area contributed by atoms with Gasteiger partial charge in [-0.2, -0.15) is 0 Å². The molecule has 3 aromatic rings. The summed E-state index contributed by atoms with van der Waals surface area (Å²) in [7, 11) is 1.56. The SMILES string of the molecule is COc1ccc([C@H](C(=O)NC2CCCC2)N(Cc2ccccc2F)C(=O)c2ccco2)cc1. The van der Waals surface area contributed by atoms with Crippen LogP contribution in [0.25, 0.3) is 0 Å². The van der Waals surface area contributed by atoms with E-state index in [0.29, 0.717) is 16.9 Å². The van der Waals surface area contributed by atoms with Crippen molar-refractivity contribution in [3.05, 3.63) is 89.6 Å². The summed E-state index contributed by atoms with van der Waals surface area (Å²) >= 11 is 0. The number of methoxy groups -OCH3 is 1. The first kappa shape index (κ1) is 22.6. The number of hydrogen-bond acceptors (Lipinski definition) is 4. The van der Waals surface area contributed by atoms with Crippen LogP contribution in [0.5, 0.6) is 5.75 Å². The van der Waals surface area contributed by atoms with Crippen molar-refractivity contribution in [2.75, 3.05) is 7.11 Å². The maximum atomic E-state index is 14.6. The molecule has 0 spiro atoms. The molecule has 0 radical (unpaired) electrons. The zero-order valence-electron chi connectivity index (χ0n) is 18.5. The van der Waals surface area contributed by atoms with Gasteiger partial charge in [0.15, 0.2) is 5.76 Å². The molecule has 1 aromatic heterocycles. The molecule has 1 aliphatic rings. The largest absolute Gasteiger partial charge is 0.497 e. The lowest BCUT2D eigenvalue weighted by Crippen LogP contribution is -2.46. The van der Waals surface area contributed by atoms with Crippen LogP contribution in [0.15, 0.2) is 71.3 Å². The van der Waals surface area contributed by atoms with E-state index < -0.39 is 17.8 Å². The molecule has 1 fully saturated rings. The van der Waals surface area contributed by atoms with Gasteiger partial charge in [-0.1, -0.05) is 43.2 Å². The highest BCUT2D eigenvalue weighted by molar-refractivity contribution is 5.96. The van der Waals surface area contributed by atoms with Crippen LogP contribution in [0.3, 0.4) is 0 Å². The van der Waals surface area contributed by atoms with E-state index in [4.69, 9.17) is 9.15 Å². The number of carbonyl (C=O) groups excluding carboxylic acids is 2. The lowest BCUT2D eigenvalue weighted by Gasteiger charge is -2.32. The van der Waals surface area contributed by atoms with Crippen LogP contribution < -0.4 is 10.1 Å². The van der Waals surface area contributed by atoms with Crippen LogP contribution in [-0.2, 0) is 11.3 Å². The third-order valence-electron chi connectivity index (χ3n) is 5.98. The highest BCUT2D eigenvalue weighted by Gasteiger charge is 2.35. The van der Waals surface area contributed by atoms with E-state index in [2.05, 4.69) is 5.32 Å². The van der Waals surface area contributed by atoms with Crippen LogP contribution >= 0.6 is 0 Å². The van der Waals surface area contributed by atoms with Crippen molar-refractivity contribution in [3.8, 4) is 5.75 Å². The van der Waals surface area contributed by atoms with Gasteiger partial charge in [0, 0.05) is 11.6 Å². The van der Waals surface area contributed by atoms with Crippen molar-refractivity contribution < 1.29 is 23.1 Å². The molecule has 33 heavy (non-hydrogen) atoms. The Morgan fingerprint density at radius 2 is 1.82 bits per heavy atom. The molecule has 1 N–H and O–H groups in total. The van der Waals surface area contributed by atoms with E-state index >= 15 is 0 Å². The zero-order valence-corrected chi connectivity index (χ0v) is 18.5. The van der Waals surface area contributed by atoms with Crippen molar-refractivity contribution in [1.82, 2.24) is 10.2 Å². The number of rotatable bonds is 8. The number of ether oxygens (including phenoxy) is 1. The molecular weight excluding hydrogens is 423 g/mol. The predicted octanol–water partition coefficient (Wildman–Crippen LogP) is 4.87. The molecule has 2 aromatic carbocycles. The summed E-state index contributed by atoms with van der Waals surface area (Å²) in [5, 5.41) is 3.10. The fourth-order valence-electron chi connectivity index (χ4n) is 4.24. The van der Waals surface area contributed by atoms with Gasteiger partial charge in [-0.05, 0) is 48.7 Å². The van der Waals surface area contributed by atoms with E-state index in [1.807, 2.05) is 0 Å². The standard InChI is InChI=1S/C26H27FN2O4/c1-32-21-14-12-18(13-15-21)24(25(30)28-20-8-3-4-9-20)29(26(31)23-11-6-16-33-23)17-19-7-2-5-10-22(19)27/h2,5-7,10-16,20,24H,3-4,8-9,17H2,1H3,(H,28,30)/t24-/m1/s1. The van der Waals surface area contributed by atoms with E-state index in [1.54, 1.807) is 55.6 Å². The van der Waals surface area contributed by atoms with E-state index in [-0.39, 0.29) is 24.3 Å². The average molecular weight is 451 g/mol. The van der Waals surface area contributed by atoms with Gasteiger partial charge >= 0.3 is 0 Å². The van der Waals surface area contributed by atoms with Crippen LogP contribution in [0, 0.1) is 5.82 Å². The molecule has 2 amide bonds. The minimum absolute atomic E-state index is 0.0623. The summed E-state index contributed by atoms with van der Waals surface area (Å²) in [4.78, 5) is 28.5. The highest BCUT2D eigenvalue weighted by atomic mass is 19.1. The summed E-state index contributed by atoms with van der Waals surface area (Å²) in [6.45, 7) is -0.0962. The second-order valence-electron chi connectivity index (χ2n) is 8.17. The zero-order chi connectivity index (χ0) is 23.2. The Kier molecular flexibility index (Phi) is 7.07. The number of benzene rings is 2. The fourth-order valence-corrected chi connectivity index (χ4v) is 4.24. The number of furan rings is 1. The summed E-state index contributed by atoms with van der Waals surface area (Å²) < 4.78 is 25.2. The number of carbonyl (C=O) groups is 2. The summed E-state index contributed by atoms with van der Waals surface area (Å²) in [6.07, 6.45) is 5.32. The first-order valence-electron chi connectivity index (χ1n) is 11.1. The molecule has 1 aliphatic carbocycles. The van der Waals surface area contributed by atoms with E-state index in [0.717, 1.165) is 25.7 Å². The highest BCUT2D eigenvalue weighted by Crippen LogP contribution is 2.29. The fraction of sp³-hybridized carbons (Fsp3) is 0.308. The second kappa shape index (κ2) is 10.3. The first-order chi connectivity index (χ1) is 16.1. The minimum atomic E-state index is -0.978. The Balaban J connectivity index is 1.75. The monoisotopic (exact) mass is 450 g/mol. The molecule has 6 nitrogen and oxygen atoms in total. The van der Waals surface area contributed by atoms with Gasteiger partial charge in [-0.3, -0.25) is 9.59 Å². The molecule has 7 heteroatoms. The number of nitrogens with zero attached hydrogens (tertiary/aromatic N) is 1. The summed E-state index contributed by atoms with van der Waals surface area (Å²) in [6, 6.07) is 15.5. The van der Waals surface area contributed by atoms with Crippen molar-refractivity contribution in [3.63, 3.8) is 0 Å². The van der Waals surface area contributed by atoms with Crippen molar-refractivity contribution in [1.29, 1.82) is 0 Å². The lowest BCUT2D eigenvalue weighted by molar-refractivity contribution is -0.126. The molecule has 1 saturated carbocycles. The molecule has 0 saturated heterocycles. The van der Waals surface area contributed by atoms with Gasteiger partial charge in [-0.15, -0.1) is 0 Å². The number of amides is 2. The Morgan fingerprint density at radius 1 is 1.09 bits per heavy atom. The van der Waals surface area contributed by atoms with E-state index in [1.165, 1.54) is 23.3 Å². The predicted molar refractivity (Wildman–Crippen MR) is 121 cm³/mol. The topological polar surface area (TPSA) is 71.8 Å². The Hall–Kier alpha value is -3.61. The number of halogens is 1. The van der Waals surface area contributed by atoms with Gasteiger partial charge in [-0.25, -0.2) is 4.39 Å². The molecular formula is C26H27FN2O4. The third kappa shape index (κ3) is 5.25. The Bertz CT molecular complexity index is 1080. The molecule has 0 unspecified atom stereocenters. The van der Waals surface area contributed by atoms with Gasteiger partial charge in [0.05, 0.1) is 19.9 Å². The van der Waals surface area contributed by atoms with E-state index in [9.17, 15) is 14.0 Å². The normalized spacial score (nSPS) is 14.6. The quantitative estimate of drug-likeness (QED) is 0.532. The minimum Gasteiger partial charge on any atom is -0.497 e. The van der Waals surface area contributed by atoms with Crippen molar-refractivity contribution >= 4 is 11.8 Å². The van der Waals surface area contributed by atoms with Crippen LogP contribution in [0.1, 0.15) is 53.4 Å². The van der Waals surface area contributed by atoms with Crippen LogP contribution in [-0.4, -0.2) is 29.9 Å². The van der Waals surface area contributed by atoms with Crippen LogP contribution in [0.4, 0.5) is 4.39 Å². The Labute approximate surface area is 192 Å². The Morgan fingerprint density at radius 3 is 2.45 bits per heavy atom. The molecule has 1 atom stereocenters. The smallest absolute Gasteiger partial charge is 0.290 e. The van der Waals surface area contributed by atoms with Crippen molar-refractivity contribution in [2.24, 2.45) is 0 Å². The maximum absolute atomic E-state index is 14.6. The van der Waals surface area contributed by atoms with Gasteiger partial charge < -0.3 is 19.4 Å². The summed E-state index contributed by atoms with van der Waals surface area (Å²) in [5.74, 6) is -0.529.